The minimum absolute atomic E-state index is 0.311. The second kappa shape index (κ2) is 6.50. The van der Waals surface area contributed by atoms with Crippen LogP contribution in [0.2, 0.25) is 0 Å². The van der Waals surface area contributed by atoms with Gasteiger partial charge >= 0.3 is 0 Å². The van der Waals surface area contributed by atoms with E-state index in [-0.39, 0.29) is 0 Å². The van der Waals surface area contributed by atoms with Crippen LogP contribution in [0.5, 0.6) is 0 Å². The van der Waals surface area contributed by atoms with E-state index < -0.39 is 0 Å². The molecule has 2 rings (SSSR count). The summed E-state index contributed by atoms with van der Waals surface area (Å²) in [6.07, 6.45) is 0. The van der Waals surface area contributed by atoms with E-state index in [0.29, 0.717) is 23.4 Å². The zero-order valence-electron chi connectivity index (χ0n) is 14.6. The van der Waals surface area contributed by atoms with Crippen molar-refractivity contribution in [2.75, 3.05) is 13.1 Å². The monoisotopic (exact) mass is 288 g/mol. The van der Waals surface area contributed by atoms with Crippen LogP contribution in [0.25, 0.3) is 0 Å². The molecule has 0 aliphatic carbocycles. The van der Waals surface area contributed by atoms with Gasteiger partial charge in [-0.3, -0.25) is 4.90 Å². The van der Waals surface area contributed by atoms with Gasteiger partial charge in [-0.1, -0.05) is 58.9 Å². The van der Waals surface area contributed by atoms with Gasteiger partial charge in [0.05, 0.1) is 0 Å². The van der Waals surface area contributed by atoms with Crippen molar-refractivity contribution in [3.05, 3.63) is 35.4 Å². The van der Waals surface area contributed by atoms with Gasteiger partial charge < -0.3 is 5.32 Å². The van der Waals surface area contributed by atoms with Crippen molar-refractivity contribution in [1.82, 2.24) is 10.2 Å². The van der Waals surface area contributed by atoms with E-state index in [1.54, 1.807) is 0 Å². The molecular weight excluding hydrogens is 256 g/mol. The van der Waals surface area contributed by atoms with Crippen molar-refractivity contribution in [3.8, 4) is 0 Å². The van der Waals surface area contributed by atoms with Crippen molar-refractivity contribution < 1.29 is 0 Å². The van der Waals surface area contributed by atoms with Gasteiger partial charge in [0, 0.05) is 31.7 Å². The summed E-state index contributed by atoms with van der Waals surface area (Å²) in [5.41, 5.74) is 3.17. The van der Waals surface area contributed by atoms with Gasteiger partial charge in [-0.2, -0.15) is 0 Å². The summed E-state index contributed by atoms with van der Waals surface area (Å²) >= 11 is 0. The third kappa shape index (κ3) is 4.31. The molecule has 0 radical (unpaired) electrons. The number of nitrogens with zero attached hydrogens (tertiary/aromatic N) is 1. The molecule has 2 nitrogen and oxygen atoms in total. The number of nitrogens with one attached hydrogen (secondary N) is 1. The SMILES string of the molecule is CC1CN(Cc2ccc(C(C)C)cc2)C(C(C)(C)C)CN1. The van der Waals surface area contributed by atoms with E-state index in [2.05, 4.69) is 76.0 Å². The fraction of sp³-hybridized carbons (Fsp3) is 0.684. The number of benzene rings is 1. The highest BCUT2D eigenvalue weighted by atomic mass is 15.2. The molecule has 0 amide bonds. The number of rotatable bonds is 3. The molecule has 118 valence electrons. The van der Waals surface area contributed by atoms with Crippen LogP contribution < -0.4 is 5.32 Å². The molecule has 0 bridgehead atoms. The predicted molar refractivity (Wildman–Crippen MR) is 91.6 cm³/mol. The van der Waals surface area contributed by atoms with E-state index in [9.17, 15) is 0 Å². The predicted octanol–water partition coefficient (Wildman–Crippen LogP) is 4.02. The van der Waals surface area contributed by atoms with Gasteiger partial charge in [-0.15, -0.1) is 0 Å². The highest BCUT2D eigenvalue weighted by Gasteiger charge is 2.34. The fourth-order valence-corrected chi connectivity index (χ4v) is 3.26. The Kier molecular flexibility index (Phi) is 5.11. The zero-order chi connectivity index (χ0) is 15.6. The second-order valence-corrected chi connectivity index (χ2v) is 8.02. The lowest BCUT2D eigenvalue weighted by Gasteiger charge is -2.46. The summed E-state index contributed by atoms with van der Waals surface area (Å²) in [4.78, 5) is 2.66. The molecule has 2 unspecified atom stereocenters. The van der Waals surface area contributed by atoms with Gasteiger partial charge in [0.2, 0.25) is 0 Å². The van der Waals surface area contributed by atoms with Crippen molar-refractivity contribution in [2.24, 2.45) is 5.41 Å². The van der Waals surface area contributed by atoms with Crippen LogP contribution in [0.4, 0.5) is 0 Å². The first-order valence-electron chi connectivity index (χ1n) is 8.33. The average molecular weight is 288 g/mol. The van der Waals surface area contributed by atoms with Gasteiger partial charge in [-0.25, -0.2) is 0 Å². The first-order chi connectivity index (χ1) is 9.77. The molecule has 1 N–H and O–H groups in total. The van der Waals surface area contributed by atoms with Crippen molar-refractivity contribution in [2.45, 2.75) is 66.1 Å². The van der Waals surface area contributed by atoms with Crippen LogP contribution in [0, 0.1) is 5.41 Å². The van der Waals surface area contributed by atoms with Crippen molar-refractivity contribution in [3.63, 3.8) is 0 Å². The van der Waals surface area contributed by atoms with E-state index >= 15 is 0 Å². The Morgan fingerprint density at radius 2 is 1.81 bits per heavy atom. The summed E-state index contributed by atoms with van der Waals surface area (Å²) in [5.74, 6) is 0.612. The minimum atomic E-state index is 0.311. The van der Waals surface area contributed by atoms with Gasteiger partial charge in [0.1, 0.15) is 0 Å². The van der Waals surface area contributed by atoms with Gasteiger partial charge in [0.25, 0.3) is 0 Å². The first-order valence-corrected chi connectivity index (χ1v) is 8.33. The normalized spacial score (nSPS) is 24.5. The van der Waals surface area contributed by atoms with Gasteiger partial charge in [-0.05, 0) is 29.4 Å². The van der Waals surface area contributed by atoms with Crippen molar-refractivity contribution in [1.29, 1.82) is 0 Å². The Balaban J connectivity index is 2.10. The number of piperazine rings is 1. The lowest BCUT2D eigenvalue weighted by Crippen LogP contribution is -2.59. The fourth-order valence-electron chi connectivity index (χ4n) is 3.26. The highest BCUT2D eigenvalue weighted by molar-refractivity contribution is 5.24. The Labute approximate surface area is 130 Å². The summed E-state index contributed by atoms with van der Waals surface area (Å²) in [6, 6.07) is 10.4. The Morgan fingerprint density at radius 3 is 2.33 bits per heavy atom. The average Bonchev–Trinajstić information content (AvgIpc) is 2.38. The van der Waals surface area contributed by atoms with E-state index in [4.69, 9.17) is 0 Å². The molecule has 0 saturated carbocycles. The molecule has 1 aliphatic rings. The summed E-state index contributed by atoms with van der Waals surface area (Å²) in [7, 11) is 0. The quantitative estimate of drug-likeness (QED) is 0.904. The Morgan fingerprint density at radius 1 is 1.19 bits per heavy atom. The van der Waals surface area contributed by atoms with Crippen LogP contribution in [-0.4, -0.2) is 30.1 Å². The van der Waals surface area contributed by atoms with Crippen LogP contribution >= 0.6 is 0 Å². The van der Waals surface area contributed by atoms with Crippen LogP contribution in [-0.2, 0) is 6.54 Å². The second-order valence-electron chi connectivity index (χ2n) is 8.02. The van der Waals surface area contributed by atoms with E-state index in [1.807, 2.05) is 0 Å². The van der Waals surface area contributed by atoms with Crippen LogP contribution in [0.1, 0.15) is 58.6 Å². The third-order valence-corrected chi connectivity index (χ3v) is 4.64. The number of hydrogen-bond donors (Lipinski definition) is 1. The van der Waals surface area contributed by atoms with Crippen molar-refractivity contribution >= 4 is 0 Å². The van der Waals surface area contributed by atoms with Gasteiger partial charge in [0.15, 0.2) is 0 Å². The maximum Gasteiger partial charge on any atom is 0.0273 e. The van der Waals surface area contributed by atoms with E-state index in [0.717, 1.165) is 19.6 Å². The topological polar surface area (TPSA) is 15.3 Å². The van der Waals surface area contributed by atoms with Crippen LogP contribution in [0.3, 0.4) is 0 Å². The van der Waals surface area contributed by atoms with Crippen LogP contribution in [0.15, 0.2) is 24.3 Å². The molecular formula is C19H32N2. The standard InChI is InChI=1S/C19H32N2/c1-14(2)17-9-7-16(8-10-17)13-21-12-15(3)20-11-18(21)19(4,5)6/h7-10,14-15,18,20H,11-13H2,1-6H3. The summed E-state index contributed by atoms with van der Waals surface area (Å²) < 4.78 is 0. The molecule has 1 fully saturated rings. The lowest BCUT2D eigenvalue weighted by molar-refractivity contribution is 0.0526. The smallest absolute Gasteiger partial charge is 0.0273 e. The summed E-state index contributed by atoms with van der Waals surface area (Å²) in [6.45, 7) is 17.1. The maximum absolute atomic E-state index is 3.64. The zero-order valence-corrected chi connectivity index (χ0v) is 14.6. The molecule has 2 atom stereocenters. The molecule has 0 aromatic heterocycles. The Hall–Kier alpha value is -0.860. The molecule has 1 aromatic carbocycles. The molecule has 1 aliphatic heterocycles. The number of hydrogen-bond acceptors (Lipinski definition) is 2. The maximum atomic E-state index is 3.64. The first kappa shape index (κ1) is 16.5. The molecule has 1 saturated heterocycles. The molecule has 2 heteroatoms. The molecule has 1 heterocycles. The summed E-state index contributed by atoms with van der Waals surface area (Å²) in [5, 5.41) is 3.64. The van der Waals surface area contributed by atoms with E-state index in [1.165, 1.54) is 11.1 Å². The molecule has 1 aromatic rings. The minimum Gasteiger partial charge on any atom is -0.311 e. The lowest BCUT2D eigenvalue weighted by atomic mass is 9.83. The Bertz CT molecular complexity index is 442. The highest BCUT2D eigenvalue weighted by Crippen LogP contribution is 2.28. The molecule has 21 heavy (non-hydrogen) atoms. The third-order valence-electron chi connectivity index (χ3n) is 4.64. The largest absolute Gasteiger partial charge is 0.311 e. The molecule has 0 spiro atoms.